The van der Waals surface area contributed by atoms with Crippen LogP contribution >= 0.6 is 0 Å². The Bertz CT molecular complexity index is 565. The SMILES string of the molecule is CC(C)CC(CC(C)C)OC(=O)CCCCCCCCC(C)CCCCCCCCC(=O)OC(CC(C)C)CC(C)C. The summed E-state index contributed by atoms with van der Waals surface area (Å²) in [7, 11) is 0. The van der Waals surface area contributed by atoms with Gasteiger partial charge in [0.15, 0.2) is 0 Å². The Balaban J connectivity index is 3.67. The van der Waals surface area contributed by atoms with E-state index in [2.05, 4.69) is 62.3 Å². The predicted molar refractivity (Wildman–Crippen MR) is 181 cm³/mol. The fraction of sp³-hybridized carbons (Fsp3) is 0.947. The molecule has 0 aliphatic carbocycles. The molecule has 0 saturated carbocycles. The van der Waals surface area contributed by atoms with Crippen molar-refractivity contribution in [1.29, 1.82) is 0 Å². The zero-order chi connectivity index (χ0) is 31.8. The van der Waals surface area contributed by atoms with Crippen LogP contribution in [0, 0.1) is 29.6 Å². The number of unbranched alkanes of at least 4 members (excludes halogenated alkanes) is 10. The van der Waals surface area contributed by atoms with Crippen molar-refractivity contribution in [2.45, 2.75) is 203 Å². The fourth-order valence-electron chi connectivity index (χ4n) is 6.06. The van der Waals surface area contributed by atoms with Crippen LogP contribution in [-0.2, 0) is 19.1 Å². The number of esters is 2. The molecule has 0 heterocycles. The summed E-state index contributed by atoms with van der Waals surface area (Å²) in [6.07, 6.45) is 22.5. The molecule has 0 aromatic rings. The molecular formula is C38H74O4. The van der Waals surface area contributed by atoms with E-state index < -0.39 is 0 Å². The molecule has 4 heteroatoms. The van der Waals surface area contributed by atoms with Gasteiger partial charge in [-0.2, -0.15) is 0 Å². The van der Waals surface area contributed by atoms with Crippen molar-refractivity contribution in [3.8, 4) is 0 Å². The van der Waals surface area contributed by atoms with E-state index in [1.165, 1.54) is 64.2 Å². The Hall–Kier alpha value is -1.06. The van der Waals surface area contributed by atoms with Crippen LogP contribution in [-0.4, -0.2) is 24.1 Å². The molecule has 0 aromatic heterocycles. The third-order valence-corrected chi connectivity index (χ3v) is 8.19. The van der Waals surface area contributed by atoms with Crippen molar-refractivity contribution in [3.05, 3.63) is 0 Å². The first-order valence-electron chi connectivity index (χ1n) is 18.3. The summed E-state index contributed by atoms with van der Waals surface area (Å²) in [6, 6.07) is 0. The molecule has 4 nitrogen and oxygen atoms in total. The van der Waals surface area contributed by atoms with Gasteiger partial charge < -0.3 is 9.47 Å². The summed E-state index contributed by atoms with van der Waals surface area (Å²) < 4.78 is 11.6. The maximum atomic E-state index is 12.3. The molecule has 250 valence electrons. The molecule has 0 unspecified atom stereocenters. The molecule has 0 saturated heterocycles. The van der Waals surface area contributed by atoms with Gasteiger partial charge >= 0.3 is 11.9 Å². The Morgan fingerprint density at radius 3 is 0.952 bits per heavy atom. The monoisotopic (exact) mass is 595 g/mol. The normalized spacial score (nSPS) is 12.2. The number of rotatable bonds is 28. The van der Waals surface area contributed by atoms with Crippen LogP contribution in [0.5, 0.6) is 0 Å². The first kappa shape index (κ1) is 40.9. The highest BCUT2D eigenvalue weighted by Crippen LogP contribution is 2.21. The van der Waals surface area contributed by atoms with E-state index >= 15 is 0 Å². The third kappa shape index (κ3) is 27.8. The van der Waals surface area contributed by atoms with E-state index in [-0.39, 0.29) is 24.1 Å². The summed E-state index contributed by atoms with van der Waals surface area (Å²) >= 11 is 0. The maximum absolute atomic E-state index is 12.3. The minimum Gasteiger partial charge on any atom is -0.462 e. The van der Waals surface area contributed by atoms with Gasteiger partial charge in [0.25, 0.3) is 0 Å². The van der Waals surface area contributed by atoms with Crippen LogP contribution in [0.3, 0.4) is 0 Å². The largest absolute Gasteiger partial charge is 0.462 e. The molecule has 0 N–H and O–H groups in total. The van der Waals surface area contributed by atoms with Crippen molar-refractivity contribution in [2.75, 3.05) is 0 Å². The van der Waals surface area contributed by atoms with E-state index in [0.29, 0.717) is 36.5 Å². The van der Waals surface area contributed by atoms with E-state index in [1.807, 2.05) is 0 Å². The summed E-state index contributed by atoms with van der Waals surface area (Å²) in [6.45, 7) is 20.0. The van der Waals surface area contributed by atoms with E-state index in [0.717, 1.165) is 57.3 Å². The highest BCUT2D eigenvalue weighted by molar-refractivity contribution is 5.69. The molecule has 0 spiro atoms. The molecule has 0 aromatic carbocycles. The second-order valence-corrected chi connectivity index (χ2v) is 15.2. The van der Waals surface area contributed by atoms with Crippen molar-refractivity contribution < 1.29 is 19.1 Å². The first-order valence-corrected chi connectivity index (χ1v) is 18.3. The van der Waals surface area contributed by atoms with Crippen molar-refractivity contribution in [2.24, 2.45) is 29.6 Å². The highest BCUT2D eigenvalue weighted by Gasteiger charge is 2.18. The Kier molecular flexibility index (Phi) is 25.7. The fourth-order valence-corrected chi connectivity index (χ4v) is 6.06. The lowest BCUT2D eigenvalue weighted by molar-refractivity contribution is -0.151. The van der Waals surface area contributed by atoms with E-state index in [1.54, 1.807) is 0 Å². The molecule has 0 aliphatic heterocycles. The minimum absolute atomic E-state index is 0.00237. The maximum Gasteiger partial charge on any atom is 0.306 e. The molecule has 0 atom stereocenters. The van der Waals surface area contributed by atoms with Gasteiger partial charge in [-0.25, -0.2) is 0 Å². The predicted octanol–water partition coefficient (Wildman–Crippen LogP) is 11.9. The van der Waals surface area contributed by atoms with Crippen molar-refractivity contribution >= 4 is 11.9 Å². The van der Waals surface area contributed by atoms with Crippen molar-refractivity contribution in [1.82, 2.24) is 0 Å². The zero-order valence-electron chi connectivity index (χ0n) is 29.8. The second-order valence-electron chi connectivity index (χ2n) is 15.2. The van der Waals surface area contributed by atoms with Crippen LogP contribution in [0.15, 0.2) is 0 Å². The zero-order valence-corrected chi connectivity index (χ0v) is 29.8. The molecule has 0 aliphatic rings. The number of carbonyl (C=O) groups excluding carboxylic acids is 2. The van der Waals surface area contributed by atoms with E-state index in [9.17, 15) is 9.59 Å². The van der Waals surface area contributed by atoms with Crippen LogP contribution in [0.4, 0.5) is 0 Å². The van der Waals surface area contributed by atoms with Crippen LogP contribution < -0.4 is 0 Å². The second kappa shape index (κ2) is 26.4. The Morgan fingerprint density at radius 1 is 0.405 bits per heavy atom. The van der Waals surface area contributed by atoms with Gasteiger partial charge in [-0.1, -0.05) is 139 Å². The average molecular weight is 595 g/mol. The molecule has 0 radical (unpaired) electrons. The standard InChI is InChI=1S/C38H74O4/c1-30(2)26-35(27-31(3)4)41-37(39)24-20-16-12-10-14-18-22-34(9)23-19-15-11-13-17-21-25-38(40)42-36(28-32(5)6)29-33(7)8/h30-36H,10-29H2,1-9H3. The Labute approximate surface area is 263 Å². The lowest BCUT2D eigenvalue weighted by Gasteiger charge is -2.21. The lowest BCUT2D eigenvalue weighted by Crippen LogP contribution is -2.22. The molecule has 0 fully saturated rings. The third-order valence-electron chi connectivity index (χ3n) is 8.19. The van der Waals surface area contributed by atoms with Gasteiger partial charge in [0, 0.05) is 12.8 Å². The summed E-state index contributed by atoms with van der Waals surface area (Å²) in [4.78, 5) is 24.5. The Morgan fingerprint density at radius 2 is 0.667 bits per heavy atom. The first-order chi connectivity index (χ1) is 19.9. The van der Waals surface area contributed by atoms with Crippen LogP contribution in [0.1, 0.15) is 191 Å². The minimum atomic E-state index is 0.00237. The van der Waals surface area contributed by atoms with Gasteiger partial charge in [-0.3, -0.25) is 9.59 Å². The molecule has 0 bridgehead atoms. The summed E-state index contributed by atoms with van der Waals surface area (Å²) in [5.41, 5.74) is 0. The lowest BCUT2D eigenvalue weighted by atomic mass is 9.96. The number of carbonyl (C=O) groups is 2. The molecule has 0 rings (SSSR count). The van der Waals surface area contributed by atoms with Crippen LogP contribution in [0.25, 0.3) is 0 Å². The van der Waals surface area contributed by atoms with E-state index in [4.69, 9.17) is 9.47 Å². The average Bonchev–Trinajstić information content (AvgIpc) is 2.85. The number of ether oxygens (including phenoxy) is 2. The highest BCUT2D eigenvalue weighted by atomic mass is 16.5. The number of hydrogen-bond acceptors (Lipinski definition) is 4. The number of hydrogen-bond donors (Lipinski definition) is 0. The van der Waals surface area contributed by atoms with Crippen molar-refractivity contribution in [3.63, 3.8) is 0 Å². The van der Waals surface area contributed by atoms with Gasteiger partial charge in [0.2, 0.25) is 0 Å². The molecular weight excluding hydrogens is 520 g/mol. The van der Waals surface area contributed by atoms with Gasteiger partial charge in [0.1, 0.15) is 12.2 Å². The summed E-state index contributed by atoms with van der Waals surface area (Å²) in [5.74, 6) is 3.07. The van der Waals surface area contributed by atoms with Gasteiger partial charge in [0.05, 0.1) is 0 Å². The topological polar surface area (TPSA) is 52.6 Å². The van der Waals surface area contributed by atoms with Gasteiger partial charge in [-0.05, 0) is 68.1 Å². The smallest absolute Gasteiger partial charge is 0.306 e. The quantitative estimate of drug-likeness (QED) is 0.0668. The summed E-state index contributed by atoms with van der Waals surface area (Å²) in [5, 5.41) is 0. The molecule has 42 heavy (non-hydrogen) atoms. The van der Waals surface area contributed by atoms with Crippen LogP contribution in [0.2, 0.25) is 0 Å². The van der Waals surface area contributed by atoms with Gasteiger partial charge in [-0.15, -0.1) is 0 Å². The molecule has 0 amide bonds.